The Hall–Kier alpha value is -0.700. The van der Waals surface area contributed by atoms with E-state index in [0.717, 1.165) is 0 Å². The first kappa shape index (κ1) is 10.3. The van der Waals surface area contributed by atoms with Crippen LogP contribution in [0.4, 0.5) is 4.79 Å². The van der Waals surface area contributed by atoms with Crippen molar-refractivity contribution in [3.8, 4) is 9.85 Å². The van der Waals surface area contributed by atoms with Crippen molar-refractivity contribution in [1.82, 2.24) is 5.32 Å². The molecule has 0 aliphatic heterocycles. The van der Waals surface area contributed by atoms with Gasteiger partial charge in [-0.2, -0.15) is 0 Å². The molecule has 1 unspecified atom stereocenters. The van der Waals surface area contributed by atoms with E-state index in [1.165, 1.54) is 0 Å². The monoisotopic (exact) mass is 265 g/mol. The normalized spacial score (nSPS) is 10.6. The molecule has 0 saturated heterocycles. The van der Waals surface area contributed by atoms with Crippen LogP contribution in [0, 0.1) is 9.85 Å². The van der Waals surface area contributed by atoms with Crippen LogP contribution in [0.3, 0.4) is 0 Å². The van der Waals surface area contributed by atoms with Gasteiger partial charge in [0.05, 0.1) is 6.04 Å². The number of rotatable bonds is 3. The van der Waals surface area contributed by atoms with E-state index in [-0.39, 0.29) is 6.04 Å². The number of nitrogens with one attached hydrogen (secondary N) is 1. The molecule has 3 nitrogen and oxygen atoms in total. The van der Waals surface area contributed by atoms with Crippen molar-refractivity contribution in [3.05, 3.63) is 12.7 Å². The fourth-order valence-corrected chi connectivity index (χ4v) is 0.911. The van der Waals surface area contributed by atoms with Crippen LogP contribution in [0.25, 0.3) is 0 Å². The molecule has 0 spiro atoms. The van der Waals surface area contributed by atoms with E-state index in [2.05, 4.69) is 21.7 Å². The highest BCUT2D eigenvalue weighted by molar-refractivity contribution is 14.1. The average molecular weight is 265 g/mol. The summed E-state index contributed by atoms with van der Waals surface area (Å²) in [6, 6.07) is -0.332. The quantitative estimate of drug-likeness (QED) is 0.462. The van der Waals surface area contributed by atoms with Gasteiger partial charge < -0.3 is 10.4 Å². The van der Waals surface area contributed by atoms with Gasteiger partial charge in [0, 0.05) is 22.6 Å². The molecule has 1 atom stereocenters. The van der Waals surface area contributed by atoms with Gasteiger partial charge in [-0.05, 0) is 10.3 Å². The molecule has 0 radical (unpaired) electrons. The van der Waals surface area contributed by atoms with Crippen LogP contribution in [-0.2, 0) is 0 Å². The molecule has 2 N–H and O–H groups in total. The first-order valence-corrected chi connectivity index (χ1v) is 4.00. The van der Waals surface area contributed by atoms with Crippen molar-refractivity contribution in [2.75, 3.05) is 0 Å². The second-order valence-electron chi connectivity index (χ2n) is 1.77. The minimum Gasteiger partial charge on any atom is -0.465 e. The molecule has 0 bridgehead atoms. The topological polar surface area (TPSA) is 49.3 Å². The van der Waals surface area contributed by atoms with E-state index >= 15 is 0 Å². The van der Waals surface area contributed by atoms with Gasteiger partial charge in [0.25, 0.3) is 0 Å². The Kier molecular flexibility index (Phi) is 5.65. The van der Waals surface area contributed by atoms with Gasteiger partial charge in [-0.15, -0.1) is 6.58 Å². The first-order chi connectivity index (χ1) is 5.20. The summed E-state index contributed by atoms with van der Waals surface area (Å²) in [6.45, 7) is 3.49. The van der Waals surface area contributed by atoms with Crippen molar-refractivity contribution in [3.63, 3.8) is 0 Å². The van der Waals surface area contributed by atoms with Crippen LogP contribution in [0.15, 0.2) is 12.7 Å². The molecule has 0 aromatic heterocycles. The second-order valence-corrected chi connectivity index (χ2v) is 2.30. The maximum atomic E-state index is 10.1. The Balaban J connectivity index is 3.95. The third-order valence-electron chi connectivity index (χ3n) is 0.929. The molecule has 0 aromatic rings. The van der Waals surface area contributed by atoms with Crippen molar-refractivity contribution >= 4 is 28.7 Å². The minimum absolute atomic E-state index is 0.332. The van der Waals surface area contributed by atoms with E-state index in [9.17, 15) is 4.79 Å². The van der Waals surface area contributed by atoms with Crippen LogP contribution in [0.5, 0.6) is 0 Å². The van der Waals surface area contributed by atoms with Gasteiger partial charge in [0.15, 0.2) is 0 Å². The number of carbonyl (C=O) groups is 1. The second kappa shape index (κ2) is 6.04. The number of hydrogen-bond donors (Lipinski definition) is 2. The summed E-state index contributed by atoms with van der Waals surface area (Å²) in [6.07, 6.45) is 1.10. The molecule has 0 aromatic carbocycles. The summed E-state index contributed by atoms with van der Waals surface area (Å²) in [7, 11) is 0. The fourth-order valence-electron chi connectivity index (χ4n) is 0.536. The predicted octanol–water partition coefficient (Wildman–Crippen LogP) is 1.59. The van der Waals surface area contributed by atoms with Crippen LogP contribution < -0.4 is 5.32 Å². The van der Waals surface area contributed by atoms with Gasteiger partial charge in [0.2, 0.25) is 0 Å². The van der Waals surface area contributed by atoms with Crippen molar-refractivity contribution in [2.45, 2.75) is 12.5 Å². The lowest BCUT2D eigenvalue weighted by atomic mass is 10.2. The van der Waals surface area contributed by atoms with Crippen LogP contribution >= 0.6 is 22.6 Å². The van der Waals surface area contributed by atoms with Gasteiger partial charge in [-0.3, -0.25) is 0 Å². The summed E-state index contributed by atoms with van der Waals surface area (Å²) in [5.41, 5.74) is 0. The minimum atomic E-state index is -1.06. The van der Waals surface area contributed by atoms with E-state index < -0.39 is 6.09 Å². The molecule has 1 amide bonds. The molecule has 11 heavy (non-hydrogen) atoms. The highest BCUT2D eigenvalue weighted by atomic mass is 127. The lowest BCUT2D eigenvalue weighted by Gasteiger charge is -2.05. The zero-order valence-electron chi connectivity index (χ0n) is 5.80. The summed E-state index contributed by atoms with van der Waals surface area (Å²) in [4.78, 5) is 10.1. The summed E-state index contributed by atoms with van der Waals surface area (Å²) in [5.74, 6) is 2.69. The predicted molar refractivity (Wildman–Crippen MR) is 51.6 cm³/mol. The number of halogens is 1. The van der Waals surface area contributed by atoms with Gasteiger partial charge in [-0.1, -0.05) is 12.0 Å². The fraction of sp³-hybridized carbons (Fsp3) is 0.286. The Morgan fingerprint density at radius 1 is 1.91 bits per heavy atom. The average Bonchev–Trinajstić information content (AvgIpc) is 1.87. The molecular weight excluding hydrogens is 257 g/mol. The maximum Gasteiger partial charge on any atom is 0.405 e. The maximum absolute atomic E-state index is 10.1. The zero-order valence-corrected chi connectivity index (χ0v) is 7.96. The Labute approximate surface area is 79.0 Å². The summed E-state index contributed by atoms with van der Waals surface area (Å²) in [5, 5.41) is 10.6. The Morgan fingerprint density at radius 2 is 2.55 bits per heavy atom. The molecule has 0 aliphatic rings. The Morgan fingerprint density at radius 3 is 2.91 bits per heavy atom. The third-order valence-corrected chi connectivity index (χ3v) is 1.24. The smallest absolute Gasteiger partial charge is 0.405 e. The van der Waals surface area contributed by atoms with Crippen LogP contribution in [-0.4, -0.2) is 17.2 Å². The SMILES string of the molecule is C=CCC(C#CI)NC(=O)O. The van der Waals surface area contributed by atoms with Crippen molar-refractivity contribution in [2.24, 2.45) is 0 Å². The molecule has 0 saturated carbocycles. The molecule has 60 valence electrons. The van der Waals surface area contributed by atoms with Crippen LogP contribution in [0.1, 0.15) is 6.42 Å². The first-order valence-electron chi connectivity index (χ1n) is 2.92. The molecule has 0 aliphatic carbocycles. The van der Waals surface area contributed by atoms with E-state index in [1.807, 2.05) is 22.6 Å². The van der Waals surface area contributed by atoms with E-state index in [0.29, 0.717) is 6.42 Å². The molecule has 0 heterocycles. The molecular formula is C7H8INO2. The van der Waals surface area contributed by atoms with Crippen molar-refractivity contribution in [1.29, 1.82) is 0 Å². The Bertz CT molecular complexity index is 204. The van der Waals surface area contributed by atoms with Gasteiger partial charge in [-0.25, -0.2) is 4.79 Å². The van der Waals surface area contributed by atoms with E-state index in [1.54, 1.807) is 6.08 Å². The van der Waals surface area contributed by atoms with Crippen LogP contribution in [0.2, 0.25) is 0 Å². The molecule has 0 rings (SSSR count). The standard InChI is InChI=1S/C7H8INO2/c1-2-3-6(4-5-8)9-7(10)11/h2,6,9H,1,3H2,(H,10,11). The zero-order chi connectivity index (χ0) is 8.69. The summed E-state index contributed by atoms with van der Waals surface area (Å²) < 4.78 is 2.60. The molecule has 4 heteroatoms. The molecule has 0 fully saturated rings. The number of carboxylic acid groups (broad SMARTS) is 1. The van der Waals surface area contributed by atoms with Gasteiger partial charge in [0.1, 0.15) is 0 Å². The summed E-state index contributed by atoms with van der Waals surface area (Å²) >= 11 is 1.86. The largest absolute Gasteiger partial charge is 0.465 e. The highest BCUT2D eigenvalue weighted by Crippen LogP contribution is 1.91. The van der Waals surface area contributed by atoms with E-state index in [4.69, 9.17) is 5.11 Å². The van der Waals surface area contributed by atoms with Gasteiger partial charge >= 0.3 is 6.09 Å². The third kappa shape index (κ3) is 5.73. The lowest BCUT2D eigenvalue weighted by molar-refractivity contribution is 0.192. The van der Waals surface area contributed by atoms with Crippen molar-refractivity contribution < 1.29 is 9.90 Å². The highest BCUT2D eigenvalue weighted by Gasteiger charge is 2.04. The number of amides is 1. The lowest BCUT2D eigenvalue weighted by Crippen LogP contribution is -2.31. The number of hydrogen-bond acceptors (Lipinski definition) is 1.